The molecule has 2 aliphatic heterocycles. The zero-order valence-electron chi connectivity index (χ0n) is 20.3. The Morgan fingerprint density at radius 3 is 1.85 bits per heavy atom. The molecule has 4 heterocycles. The van der Waals surface area contributed by atoms with Crippen molar-refractivity contribution in [2.45, 2.75) is 30.8 Å². The predicted octanol–water partition coefficient (Wildman–Crippen LogP) is 2.79. The molecule has 2 aromatic rings. The number of alkyl halides is 6. The number of nitrogens with zero attached hydrogens (tertiary/aromatic N) is 5. The molecule has 2 N–H and O–H groups in total. The first-order valence-corrected chi connectivity index (χ1v) is 11.2. The summed E-state index contributed by atoms with van der Waals surface area (Å²) in [6.07, 6.45) is -4.70. The highest BCUT2D eigenvalue weighted by Crippen LogP contribution is 2.31. The van der Waals surface area contributed by atoms with Crippen molar-refractivity contribution in [3.63, 3.8) is 0 Å². The standard InChI is InChI=1S/C18H20FN5O2.2C2HF3O2/c19-14-11-21-17(22-12-14)24-9-10-26-18(13-24)4-7-23(8-5-18)16(25)15-3-1-2-6-20-15;2*3-2(4,5)1(6)7/h1-3,6,11-12H,4-5,7-10,13H2;2*(H,6,7). The van der Waals surface area contributed by atoms with Crippen LogP contribution >= 0.6 is 0 Å². The van der Waals surface area contributed by atoms with Gasteiger partial charge in [-0.05, 0) is 25.0 Å². The number of carbonyl (C=O) groups is 3. The van der Waals surface area contributed by atoms with E-state index in [0.29, 0.717) is 44.4 Å². The first-order valence-electron chi connectivity index (χ1n) is 11.2. The lowest BCUT2D eigenvalue weighted by atomic mass is 9.89. The summed E-state index contributed by atoms with van der Waals surface area (Å²) in [6, 6.07) is 5.35. The molecule has 18 heteroatoms. The number of aromatic nitrogens is 3. The van der Waals surface area contributed by atoms with Crippen molar-refractivity contribution in [3.05, 3.63) is 48.3 Å². The fourth-order valence-corrected chi connectivity index (χ4v) is 3.56. The number of hydrogen-bond donors (Lipinski definition) is 2. The number of rotatable bonds is 2. The Balaban J connectivity index is 0.000000333. The Kier molecular flexibility index (Phi) is 10.7. The van der Waals surface area contributed by atoms with Gasteiger partial charge in [0.15, 0.2) is 5.82 Å². The first kappa shape index (κ1) is 32.1. The van der Waals surface area contributed by atoms with Crippen LogP contribution in [-0.4, -0.2) is 98.7 Å². The SMILES string of the molecule is O=C(O)C(F)(F)F.O=C(O)C(F)(F)F.O=C(c1ccccn1)N1CCC2(CC1)CN(c1ncc(F)cn1)CCO2. The second kappa shape index (κ2) is 13.3. The quantitative estimate of drug-likeness (QED) is 0.505. The van der Waals surface area contributed by atoms with Gasteiger partial charge in [0.1, 0.15) is 5.69 Å². The highest BCUT2D eigenvalue weighted by Gasteiger charge is 2.42. The van der Waals surface area contributed by atoms with Gasteiger partial charge in [0.25, 0.3) is 5.91 Å². The molecule has 4 rings (SSSR count). The summed E-state index contributed by atoms with van der Waals surface area (Å²) in [5, 5.41) is 14.2. The summed E-state index contributed by atoms with van der Waals surface area (Å²) in [7, 11) is 0. The molecule has 0 aliphatic carbocycles. The summed E-state index contributed by atoms with van der Waals surface area (Å²) in [5.41, 5.74) is 0.144. The van der Waals surface area contributed by atoms with Gasteiger partial charge in [-0.15, -0.1) is 0 Å². The van der Waals surface area contributed by atoms with Crippen molar-refractivity contribution in [1.29, 1.82) is 0 Å². The van der Waals surface area contributed by atoms with Crippen LogP contribution in [0.5, 0.6) is 0 Å². The Morgan fingerprint density at radius 1 is 0.875 bits per heavy atom. The minimum Gasteiger partial charge on any atom is -0.475 e. The van der Waals surface area contributed by atoms with Crippen LogP contribution in [0.4, 0.5) is 36.7 Å². The number of carboxylic acid groups (broad SMARTS) is 2. The predicted molar refractivity (Wildman–Crippen MR) is 120 cm³/mol. The molecule has 1 spiro atoms. The van der Waals surface area contributed by atoms with Gasteiger partial charge in [0.2, 0.25) is 5.95 Å². The molecule has 11 nitrogen and oxygen atoms in total. The molecule has 2 aliphatic rings. The Hall–Kier alpha value is -4.09. The summed E-state index contributed by atoms with van der Waals surface area (Å²) in [6.45, 7) is 3.12. The third kappa shape index (κ3) is 9.58. The minimum atomic E-state index is -5.08. The van der Waals surface area contributed by atoms with Crippen LogP contribution in [-0.2, 0) is 14.3 Å². The van der Waals surface area contributed by atoms with Gasteiger partial charge in [-0.1, -0.05) is 6.07 Å². The van der Waals surface area contributed by atoms with E-state index in [9.17, 15) is 35.5 Å². The van der Waals surface area contributed by atoms with E-state index in [0.717, 1.165) is 12.8 Å². The van der Waals surface area contributed by atoms with Crippen molar-refractivity contribution in [2.24, 2.45) is 0 Å². The maximum absolute atomic E-state index is 13.0. The van der Waals surface area contributed by atoms with E-state index in [1.54, 1.807) is 18.3 Å². The average Bonchev–Trinajstić information content (AvgIpc) is 2.89. The Labute approximate surface area is 221 Å². The van der Waals surface area contributed by atoms with Gasteiger partial charge in [-0.3, -0.25) is 9.78 Å². The van der Waals surface area contributed by atoms with E-state index < -0.39 is 30.1 Å². The molecular weight excluding hydrogens is 563 g/mol. The molecule has 40 heavy (non-hydrogen) atoms. The number of anilines is 1. The highest BCUT2D eigenvalue weighted by molar-refractivity contribution is 5.92. The van der Waals surface area contributed by atoms with Crippen LogP contribution in [0.1, 0.15) is 23.3 Å². The fourth-order valence-electron chi connectivity index (χ4n) is 3.56. The van der Waals surface area contributed by atoms with Crippen LogP contribution in [0.2, 0.25) is 0 Å². The van der Waals surface area contributed by atoms with Crippen molar-refractivity contribution in [1.82, 2.24) is 19.9 Å². The number of aliphatic carboxylic acids is 2. The van der Waals surface area contributed by atoms with Crippen molar-refractivity contribution in [3.8, 4) is 0 Å². The number of pyridine rings is 1. The lowest BCUT2D eigenvalue weighted by Gasteiger charge is -2.47. The van der Waals surface area contributed by atoms with Crippen LogP contribution in [0.3, 0.4) is 0 Å². The summed E-state index contributed by atoms with van der Waals surface area (Å²) in [5.74, 6) is -5.49. The zero-order valence-corrected chi connectivity index (χ0v) is 20.3. The van der Waals surface area contributed by atoms with Crippen molar-refractivity contribution >= 4 is 23.8 Å². The van der Waals surface area contributed by atoms with Gasteiger partial charge in [-0.25, -0.2) is 23.9 Å². The largest absolute Gasteiger partial charge is 0.490 e. The van der Waals surface area contributed by atoms with Crippen LogP contribution in [0.15, 0.2) is 36.8 Å². The van der Waals surface area contributed by atoms with Crippen LogP contribution in [0.25, 0.3) is 0 Å². The van der Waals surface area contributed by atoms with Gasteiger partial charge in [0.05, 0.1) is 31.1 Å². The van der Waals surface area contributed by atoms with E-state index in [2.05, 4.69) is 15.0 Å². The Bertz CT molecular complexity index is 1120. The molecule has 0 atom stereocenters. The topological polar surface area (TPSA) is 146 Å². The van der Waals surface area contributed by atoms with Crippen LogP contribution < -0.4 is 4.90 Å². The second-order valence-corrected chi connectivity index (χ2v) is 8.27. The molecule has 2 saturated heterocycles. The Morgan fingerprint density at radius 2 is 1.40 bits per heavy atom. The van der Waals surface area contributed by atoms with Crippen molar-refractivity contribution in [2.75, 3.05) is 37.7 Å². The number of piperidine rings is 1. The van der Waals surface area contributed by atoms with E-state index in [4.69, 9.17) is 24.5 Å². The average molecular weight is 585 g/mol. The monoisotopic (exact) mass is 585 g/mol. The van der Waals surface area contributed by atoms with Gasteiger partial charge >= 0.3 is 24.3 Å². The summed E-state index contributed by atoms with van der Waals surface area (Å²) in [4.78, 5) is 46.5. The molecular formula is C22H22F7N5O6. The minimum absolute atomic E-state index is 0.0463. The molecule has 0 bridgehead atoms. The molecule has 2 aromatic heterocycles. The third-order valence-corrected chi connectivity index (χ3v) is 5.47. The molecule has 0 radical (unpaired) electrons. The second-order valence-electron chi connectivity index (χ2n) is 8.27. The van der Waals surface area contributed by atoms with E-state index in [1.807, 2.05) is 15.9 Å². The fraction of sp³-hybridized carbons (Fsp3) is 0.455. The normalized spacial score (nSPS) is 16.7. The molecule has 1 amide bonds. The molecule has 2 fully saturated rings. The lowest BCUT2D eigenvalue weighted by Crippen LogP contribution is -2.58. The first-order chi connectivity index (χ1) is 18.5. The molecule has 0 aromatic carbocycles. The van der Waals surface area contributed by atoms with Gasteiger partial charge in [-0.2, -0.15) is 26.3 Å². The number of halogens is 7. The van der Waals surface area contributed by atoms with Crippen molar-refractivity contribution < 1.29 is 60.1 Å². The van der Waals surface area contributed by atoms with Crippen LogP contribution in [0, 0.1) is 5.82 Å². The molecule has 0 unspecified atom stereocenters. The van der Waals surface area contributed by atoms with E-state index in [-0.39, 0.29) is 11.5 Å². The van der Waals surface area contributed by atoms with Gasteiger partial charge < -0.3 is 24.7 Å². The zero-order chi connectivity index (χ0) is 30.1. The number of carbonyl (C=O) groups excluding carboxylic acids is 1. The summed E-state index contributed by atoms with van der Waals surface area (Å²) < 4.78 is 82.6. The number of ether oxygens (including phenoxy) is 1. The number of likely N-dealkylation sites (tertiary alicyclic amines) is 1. The third-order valence-electron chi connectivity index (χ3n) is 5.47. The smallest absolute Gasteiger partial charge is 0.475 e. The summed E-state index contributed by atoms with van der Waals surface area (Å²) >= 11 is 0. The number of hydrogen-bond acceptors (Lipinski definition) is 8. The number of carboxylic acids is 2. The van der Waals surface area contributed by atoms with Gasteiger partial charge in [0, 0.05) is 25.8 Å². The lowest BCUT2D eigenvalue weighted by molar-refractivity contribution is -0.193. The molecule has 0 saturated carbocycles. The molecule has 220 valence electrons. The van der Waals surface area contributed by atoms with E-state index in [1.165, 1.54) is 12.4 Å². The number of amides is 1. The maximum atomic E-state index is 13.0. The van der Waals surface area contributed by atoms with E-state index >= 15 is 0 Å². The maximum Gasteiger partial charge on any atom is 0.490 e. The number of morpholine rings is 1. The highest BCUT2D eigenvalue weighted by atomic mass is 19.4.